The summed E-state index contributed by atoms with van der Waals surface area (Å²) in [5.74, 6) is -1.69. The molecule has 2 saturated carbocycles. The van der Waals surface area contributed by atoms with Crippen LogP contribution in [-0.4, -0.2) is 22.6 Å². The SMILES string of the molecule is O=C(O)CCC(C(=O)[C]1[CH][CH][CH][CH]1)C(=O)[C]1[CH][CH][CH][CH]1. The van der Waals surface area contributed by atoms with Crippen molar-refractivity contribution in [2.75, 3.05) is 0 Å². The number of Topliss-reactive ketones (excluding diaryl/α,β-unsaturated/α-hetero) is 2. The zero-order chi connectivity index (χ0) is 14.5. The Labute approximate surface area is 119 Å². The molecule has 0 aliphatic heterocycles. The summed E-state index contributed by atoms with van der Waals surface area (Å²) in [6, 6.07) is 0. The first-order chi connectivity index (χ1) is 9.59. The van der Waals surface area contributed by atoms with Crippen molar-refractivity contribution in [1.29, 1.82) is 0 Å². The van der Waals surface area contributed by atoms with E-state index in [1.165, 1.54) is 0 Å². The van der Waals surface area contributed by atoms with Gasteiger partial charge in [0, 0.05) is 18.3 Å². The van der Waals surface area contributed by atoms with Gasteiger partial charge in [-0.15, -0.1) is 0 Å². The van der Waals surface area contributed by atoms with Gasteiger partial charge in [0.1, 0.15) is 0 Å². The van der Waals surface area contributed by atoms with Gasteiger partial charge in [-0.25, -0.2) is 0 Å². The molecule has 0 unspecified atom stereocenters. The summed E-state index contributed by atoms with van der Waals surface area (Å²) in [4.78, 5) is 35.4. The van der Waals surface area contributed by atoms with Crippen LogP contribution in [-0.2, 0) is 14.4 Å². The van der Waals surface area contributed by atoms with Crippen molar-refractivity contribution in [2.45, 2.75) is 12.8 Å². The maximum absolute atomic E-state index is 12.3. The third-order valence-electron chi connectivity index (χ3n) is 3.17. The highest BCUT2D eigenvalue weighted by Gasteiger charge is 2.38. The molecule has 10 radical (unpaired) electrons. The molecule has 0 aromatic carbocycles. The second-order valence-corrected chi connectivity index (χ2v) is 4.56. The van der Waals surface area contributed by atoms with Gasteiger partial charge in [0.05, 0.1) is 5.92 Å². The number of hydrogen-bond donors (Lipinski definition) is 1. The molecule has 0 aromatic heterocycles. The van der Waals surface area contributed by atoms with Crippen molar-refractivity contribution in [3.63, 3.8) is 0 Å². The van der Waals surface area contributed by atoms with Crippen LogP contribution in [0.3, 0.4) is 0 Å². The minimum atomic E-state index is -1.01. The van der Waals surface area contributed by atoms with Gasteiger partial charge in [-0.3, -0.25) is 14.4 Å². The Kier molecular flexibility index (Phi) is 5.32. The minimum Gasteiger partial charge on any atom is -0.481 e. The van der Waals surface area contributed by atoms with Crippen LogP contribution in [0.5, 0.6) is 0 Å². The number of carboxylic acid groups (broad SMARTS) is 1. The summed E-state index contributed by atoms with van der Waals surface area (Å²) in [6.07, 6.45) is 13.2. The quantitative estimate of drug-likeness (QED) is 0.710. The van der Waals surface area contributed by atoms with E-state index in [1.807, 2.05) is 0 Å². The van der Waals surface area contributed by atoms with E-state index in [0.29, 0.717) is 11.8 Å². The van der Waals surface area contributed by atoms with Crippen LogP contribution in [0, 0.1) is 69.1 Å². The van der Waals surface area contributed by atoms with Gasteiger partial charge >= 0.3 is 5.97 Å². The highest BCUT2D eigenvalue weighted by molar-refractivity contribution is 6.16. The molecule has 4 heteroatoms. The van der Waals surface area contributed by atoms with Crippen LogP contribution < -0.4 is 0 Å². The van der Waals surface area contributed by atoms with Gasteiger partial charge in [0.25, 0.3) is 0 Å². The maximum atomic E-state index is 12.3. The van der Waals surface area contributed by atoms with Gasteiger partial charge in [-0.1, -0.05) is 0 Å². The molecule has 0 amide bonds. The van der Waals surface area contributed by atoms with Crippen molar-refractivity contribution < 1.29 is 19.5 Å². The van der Waals surface area contributed by atoms with Gasteiger partial charge in [-0.05, 0) is 57.8 Å². The monoisotopic (exact) mass is 270 g/mol. The lowest BCUT2D eigenvalue weighted by atomic mass is 9.81. The van der Waals surface area contributed by atoms with Crippen molar-refractivity contribution in [2.24, 2.45) is 5.92 Å². The van der Waals surface area contributed by atoms with Crippen LogP contribution >= 0.6 is 0 Å². The third kappa shape index (κ3) is 3.68. The van der Waals surface area contributed by atoms with E-state index in [2.05, 4.69) is 0 Å². The predicted molar refractivity (Wildman–Crippen MR) is 71.3 cm³/mol. The van der Waals surface area contributed by atoms with E-state index in [-0.39, 0.29) is 24.4 Å². The Balaban J connectivity index is 2.03. The standard InChI is InChI=1S/C16H14O4/c17-14(18)10-9-13(15(19)11-5-1-2-6-11)16(20)12-7-3-4-8-12/h1-8,13H,9-10H2,(H,17,18). The Hall–Kier alpha value is -1.19. The fraction of sp³-hybridized carbons (Fsp3) is 0.188. The molecule has 0 bridgehead atoms. The molecule has 0 aromatic rings. The average Bonchev–Trinajstić information content (AvgIpc) is 3.11. The Morgan fingerprint density at radius 2 is 1.25 bits per heavy atom. The normalized spacial score (nSPS) is 20.6. The molecule has 2 aliphatic carbocycles. The Morgan fingerprint density at radius 1 is 0.850 bits per heavy atom. The number of hydrogen-bond acceptors (Lipinski definition) is 3. The van der Waals surface area contributed by atoms with E-state index >= 15 is 0 Å². The number of carbonyl (C=O) groups excluding carboxylic acids is 2. The van der Waals surface area contributed by atoms with Crippen LogP contribution in [0.25, 0.3) is 0 Å². The lowest BCUT2D eigenvalue weighted by molar-refractivity contribution is -0.137. The van der Waals surface area contributed by atoms with E-state index in [9.17, 15) is 14.4 Å². The van der Waals surface area contributed by atoms with Crippen molar-refractivity contribution in [3.05, 3.63) is 63.2 Å². The number of aliphatic carboxylic acids is 1. The summed E-state index contributed by atoms with van der Waals surface area (Å²) in [5, 5.41) is 8.76. The number of rotatable bonds is 7. The third-order valence-corrected chi connectivity index (χ3v) is 3.17. The molecule has 2 rings (SSSR count). The predicted octanol–water partition coefficient (Wildman–Crippen LogP) is 1.42. The first kappa shape index (κ1) is 15.2. The van der Waals surface area contributed by atoms with Crippen LogP contribution in [0.1, 0.15) is 12.8 Å². The second kappa shape index (κ2) is 7.00. The van der Waals surface area contributed by atoms with Gasteiger partial charge in [0.15, 0.2) is 11.6 Å². The molecule has 4 nitrogen and oxygen atoms in total. The molecule has 2 aliphatic rings. The highest BCUT2D eigenvalue weighted by atomic mass is 16.4. The van der Waals surface area contributed by atoms with Crippen molar-refractivity contribution >= 4 is 17.5 Å². The van der Waals surface area contributed by atoms with Gasteiger partial charge in [0.2, 0.25) is 0 Å². The zero-order valence-corrected chi connectivity index (χ0v) is 10.8. The molecule has 1 N–H and O–H groups in total. The topological polar surface area (TPSA) is 71.4 Å². The zero-order valence-electron chi connectivity index (χ0n) is 10.8. The average molecular weight is 270 g/mol. The maximum Gasteiger partial charge on any atom is 0.303 e. The first-order valence-corrected chi connectivity index (χ1v) is 6.33. The fourth-order valence-corrected chi connectivity index (χ4v) is 2.13. The molecular weight excluding hydrogens is 256 g/mol. The Bertz CT molecular complexity index is 348. The lowest BCUT2D eigenvalue weighted by Gasteiger charge is -2.19. The fourth-order valence-electron chi connectivity index (χ4n) is 2.13. The second-order valence-electron chi connectivity index (χ2n) is 4.56. The molecule has 0 saturated heterocycles. The van der Waals surface area contributed by atoms with Crippen molar-refractivity contribution in [3.8, 4) is 0 Å². The van der Waals surface area contributed by atoms with Gasteiger partial charge in [-0.2, -0.15) is 0 Å². The lowest BCUT2D eigenvalue weighted by Crippen LogP contribution is -2.32. The summed E-state index contributed by atoms with van der Waals surface area (Å²) >= 11 is 0. The summed E-state index contributed by atoms with van der Waals surface area (Å²) in [6.45, 7) is 0. The van der Waals surface area contributed by atoms with Crippen LogP contribution in [0.2, 0.25) is 0 Å². The van der Waals surface area contributed by atoms with Gasteiger partial charge < -0.3 is 5.11 Å². The molecule has 0 atom stereocenters. The highest BCUT2D eigenvalue weighted by Crippen LogP contribution is 2.33. The largest absolute Gasteiger partial charge is 0.481 e. The smallest absolute Gasteiger partial charge is 0.303 e. The molecule has 102 valence electrons. The summed E-state index contributed by atoms with van der Waals surface area (Å²) in [7, 11) is 0. The molecule has 2 fully saturated rings. The minimum absolute atomic E-state index is 0.0172. The molecule has 20 heavy (non-hydrogen) atoms. The van der Waals surface area contributed by atoms with E-state index in [1.54, 1.807) is 51.4 Å². The first-order valence-electron chi connectivity index (χ1n) is 6.33. The molecule has 0 spiro atoms. The van der Waals surface area contributed by atoms with E-state index in [0.717, 1.165) is 0 Å². The molecule has 0 heterocycles. The van der Waals surface area contributed by atoms with E-state index in [4.69, 9.17) is 5.11 Å². The summed E-state index contributed by atoms with van der Waals surface area (Å²) in [5.41, 5.74) is 0. The number of ketones is 2. The number of carbonyl (C=O) groups is 3. The van der Waals surface area contributed by atoms with E-state index < -0.39 is 11.9 Å². The van der Waals surface area contributed by atoms with Crippen molar-refractivity contribution in [1.82, 2.24) is 0 Å². The number of carboxylic acids is 1. The van der Waals surface area contributed by atoms with Crippen LogP contribution in [0.4, 0.5) is 0 Å². The Morgan fingerprint density at radius 3 is 1.60 bits per heavy atom. The molecular formula is C16H14O4. The van der Waals surface area contributed by atoms with Crippen LogP contribution in [0.15, 0.2) is 0 Å². The summed E-state index contributed by atoms with van der Waals surface area (Å²) < 4.78 is 0.